The second-order valence-electron chi connectivity index (χ2n) is 5.13. The second-order valence-corrected chi connectivity index (χ2v) is 5.13. The van der Waals surface area contributed by atoms with Gasteiger partial charge >= 0.3 is 5.97 Å². The molecule has 22 heavy (non-hydrogen) atoms. The van der Waals surface area contributed by atoms with Crippen molar-refractivity contribution in [3.05, 3.63) is 53.1 Å². The Morgan fingerprint density at radius 1 is 1.55 bits per heavy atom. The molecule has 1 aromatic heterocycles. The molecule has 1 aromatic carbocycles. The standard InChI is InChI=1S/C16H13FN2O3/c1-19-8-10(7-18)4-14(19)16(20)21-9-13-6-11-5-12(17)2-3-15(11)22-13/h2-5,8,13H,6,9H2,1H3/t13-/m0/s1. The van der Waals surface area contributed by atoms with E-state index in [1.807, 2.05) is 6.07 Å². The van der Waals surface area contributed by atoms with E-state index in [1.165, 1.54) is 18.2 Å². The molecular weight excluding hydrogens is 287 g/mol. The van der Waals surface area contributed by atoms with E-state index in [2.05, 4.69) is 0 Å². The number of nitriles is 1. The van der Waals surface area contributed by atoms with E-state index in [0.29, 0.717) is 23.4 Å². The first-order valence-corrected chi connectivity index (χ1v) is 6.75. The lowest BCUT2D eigenvalue weighted by molar-refractivity contribution is 0.0336. The summed E-state index contributed by atoms with van der Waals surface area (Å²) < 4.78 is 25.5. The van der Waals surface area contributed by atoms with Gasteiger partial charge in [-0.2, -0.15) is 5.26 Å². The number of hydrogen-bond acceptors (Lipinski definition) is 4. The van der Waals surface area contributed by atoms with Gasteiger partial charge in [0.1, 0.15) is 36.0 Å². The third-order valence-corrected chi connectivity index (χ3v) is 3.51. The van der Waals surface area contributed by atoms with Gasteiger partial charge in [-0.15, -0.1) is 0 Å². The van der Waals surface area contributed by atoms with E-state index >= 15 is 0 Å². The van der Waals surface area contributed by atoms with Crippen LogP contribution in [0.3, 0.4) is 0 Å². The molecule has 0 N–H and O–H groups in total. The Morgan fingerprint density at radius 2 is 2.36 bits per heavy atom. The van der Waals surface area contributed by atoms with Gasteiger partial charge in [0.05, 0.1) is 5.56 Å². The summed E-state index contributed by atoms with van der Waals surface area (Å²) in [6, 6.07) is 7.77. The van der Waals surface area contributed by atoms with Gasteiger partial charge in [-0.25, -0.2) is 9.18 Å². The van der Waals surface area contributed by atoms with Gasteiger partial charge < -0.3 is 14.0 Å². The highest BCUT2D eigenvalue weighted by molar-refractivity contribution is 5.88. The molecule has 0 bridgehead atoms. The van der Waals surface area contributed by atoms with Crippen molar-refractivity contribution >= 4 is 5.97 Å². The van der Waals surface area contributed by atoms with Crippen LogP contribution in [-0.4, -0.2) is 23.2 Å². The molecule has 0 spiro atoms. The minimum absolute atomic E-state index is 0.0716. The Morgan fingerprint density at radius 3 is 3.09 bits per heavy atom. The number of aryl methyl sites for hydroxylation is 1. The number of benzene rings is 1. The lowest BCUT2D eigenvalue weighted by atomic mass is 10.1. The Labute approximate surface area is 126 Å². The van der Waals surface area contributed by atoms with Crippen molar-refractivity contribution in [3.63, 3.8) is 0 Å². The highest BCUT2D eigenvalue weighted by Gasteiger charge is 2.25. The van der Waals surface area contributed by atoms with Gasteiger partial charge in [0.25, 0.3) is 0 Å². The van der Waals surface area contributed by atoms with Gasteiger partial charge in [0.2, 0.25) is 0 Å². The Balaban J connectivity index is 1.61. The lowest BCUT2D eigenvalue weighted by Crippen LogP contribution is -2.23. The number of esters is 1. The fraction of sp³-hybridized carbons (Fsp3) is 0.250. The van der Waals surface area contributed by atoms with Crippen LogP contribution in [0.15, 0.2) is 30.5 Å². The van der Waals surface area contributed by atoms with E-state index in [4.69, 9.17) is 14.7 Å². The van der Waals surface area contributed by atoms with Crippen LogP contribution in [0.25, 0.3) is 0 Å². The lowest BCUT2D eigenvalue weighted by Gasteiger charge is -2.11. The van der Waals surface area contributed by atoms with Crippen molar-refractivity contribution in [1.82, 2.24) is 4.57 Å². The molecule has 1 aliphatic heterocycles. The van der Waals surface area contributed by atoms with Crippen LogP contribution in [0.1, 0.15) is 21.6 Å². The molecule has 112 valence electrons. The molecule has 1 aliphatic rings. The molecule has 0 saturated carbocycles. The zero-order chi connectivity index (χ0) is 15.7. The van der Waals surface area contributed by atoms with E-state index in [9.17, 15) is 9.18 Å². The summed E-state index contributed by atoms with van der Waals surface area (Å²) in [7, 11) is 1.67. The quantitative estimate of drug-likeness (QED) is 0.815. The highest BCUT2D eigenvalue weighted by atomic mass is 19.1. The molecule has 0 saturated heterocycles. The highest BCUT2D eigenvalue weighted by Crippen LogP contribution is 2.29. The second kappa shape index (κ2) is 5.53. The van der Waals surface area contributed by atoms with Crippen LogP contribution >= 0.6 is 0 Å². The number of rotatable bonds is 3. The van der Waals surface area contributed by atoms with Gasteiger partial charge in [-0.3, -0.25) is 0 Å². The van der Waals surface area contributed by atoms with Crippen molar-refractivity contribution in [1.29, 1.82) is 5.26 Å². The Kier molecular flexibility index (Phi) is 3.55. The molecule has 6 heteroatoms. The molecule has 0 radical (unpaired) electrons. The SMILES string of the molecule is Cn1cc(C#N)cc1C(=O)OC[C@@H]1Cc2cc(F)ccc2O1. The number of ether oxygens (including phenoxy) is 2. The summed E-state index contributed by atoms with van der Waals surface area (Å²) in [5.74, 6) is -0.212. The van der Waals surface area contributed by atoms with Crippen LogP contribution in [0.2, 0.25) is 0 Å². The number of carbonyl (C=O) groups excluding carboxylic acids is 1. The van der Waals surface area contributed by atoms with E-state index in [0.717, 1.165) is 5.56 Å². The maximum atomic E-state index is 13.1. The average molecular weight is 300 g/mol. The molecule has 0 unspecified atom stereocenters. The number of halogens is 1. The smallest absolute Gasteiger partial charge is 0.355 e. The summed E-state index contributed by atoms with van der Waals surface area (Å²) in [4.78, 5) is 12.0. The van der Waals surface area contributed by atoms with Crippen molar-refractivity contribution in [2.45, 2.75) is 12.5 Å². The van der Waals surface area contributed by atoms with Crippen LogP contribution in [-0.2, 0) is 18.2 Å². The summed E-state index contributed by atoms with van der Waals surface area (Å²) in [5.41, 5.74) is 1.47. The Hall–Kier alpha value is -2.81. The summed E-state index contributed by atoms with van der Waals surface area (Å²) in [5, 5.41) is 8.82. The van der Waals surface area contributed by atoms with Crippen molar-refractivity contribution in [3.8, 4) is 11.8 Å². The summed E-state index contributed by atoms with van der Waals surface area (Å²) in [6.45, 7) is 0.0716. The van der Waals surface area contributed by atoms with Gasteiger partial charge in [-0.05, 0) is 24.3 Å². The molecule has 0 amide bonds. The van der Waals surface area contributed by atoms with Crippen LogP contribution in [0.4, 0.5) is 4.39 Å². The molecule has 5 nitrogen and oxygen atoms in total. The summed E-state index contributed by atoms with van der Waals surface area (Å²) in [6.07, 6.45) is 1.73. The molecule has 2 heterocycles. The fourth-order valence-electron chi connectivity index (χ4n) is 2.45. The number of fused-ring (bicyclic) bond motifs is 1. The van der Waals surface area contributed by atoms with Gasteiger partial charge in [0, 0.05) is 25.2 Å². The van der Waals surface area contributed by atoms with E-state index < -0.39 is 5.97 Å². The number of nitrogens with zero attached hydrogens (tertiary/aromatic N) is 2. The molecule has 3 rings (SSSR count). The first kappa shape index (κ1) is 14.1. The fourth-order valence-corrected chi connectivity index (χ4v) is 2.45. The zero-order valence-electron chi connectivity index (χ0n) is 11.9. The van der Waals surface area contributed by atoms with Crippen molar-refractivity contribution in [2.24, 2.45) is 7.05 Å². The van der Waals surface area contributed by atoms with E-state index in [1.54, 1.807) is 23.9 Å². The monoisotopic (exact) mass is 300 g/mol. The minimum Gasteiger partial charge on any atom is -0.486 e. The first-order valence-electron chi connectivity index (χ1n) is 6.75. The number of carbonyl (C=O) groups is 1. The average Bonchev–Trinajstić information content (AvgIpc) is 3.07. The topological polar surface area (TPSA) is 64.2 Å². The third-order valence-electron chi connectivity index (χ3n) is 3.51. The van der Waals surface area contributed by atoms with Crippen LogP contribution < -0.4 is 4.74 Å². The minimum atomic E-state index is -0.519. The van der Waals surface area contributed by atoms with Gasteiger partial charge in [-0.1, -0.05) is 0 Å². The molecule has 1 atom stereocenters. The molecule has 2 aromatic rings. The zero-order valence-corrected chi connectivity index (χ0v) is 11.9. The number of hydrogen-bond donors (Lipinski definition) is 0. The molecule has 0 aliphatic carbocycles. The van der Waals surface area contributed by atoms with Gasteiger partial charge in [0.15, 0.2) is 0 Å². The third kappa shape index (κ3) is 2.66. The maximum absolute atomic E-state index is 13.1. The first-order chi connectivity index (χ1) is 10.6. The van der Waals surface area contributed by atoms with Crippen LogP contribution in [0, 0.1) is 17.1 Å². The summed E-state index contributed by atoms with van der Waals surface area (Å²) >= 11 is 0. The predicted octanol–water partition coefficient (Wildman–Crippen LogP) is 2.20. The van der Waals surface area contributed by atoms with Crippen LogP contribution in [0.5, 0.6) is 5.75 Å². The number of aromatic nitrogens is 1. The largest absolute Gasteiger partial charge is 0.486 e. The maximum Gasteiger partial charge on any atom is 0.355 e. The predicted molar refractivity (Wildman–Crippen MR) is 74.9 cm³/mol. The molecule has 0 fully saturated rings. The Bertz CT molecular complexity index is 776. The van der Waals surface area contributed by atoms with E-state index in [-0.39, 0.29) is 18.5 Å². The van der Waals surface area contributed by atoms with Crippen molar-refractivity contribution < 1.29 is 18.7 Å². The molecular formula is C16H13FN2O3. The normalized spacial score (nSPS) is 15.8. The van der Waals surface area contributed by atoms with Crippen molar-refractivity contribution in [2.75, 3.05) is 6.61 Å².